The molecule has 0 saturated carbocycles. The first-order chi connectivity index (χ1) is 8.19. The van der Waals surface area contributed by atoms with Crippen molar-refractivity contribution >= 4 is 23.2 Å². The van der Waals surface area contributed by atoms with E-state index in [-0.39, 0.29) is 12.0 Å². The van der Waals surface area contributed by atoms with Gasteiger partial charge in [0.25, 0.3) is 0 Å². The highest BCUT2D eigenvalue weighted by atomic mass is 32.1. The number of nitrogen functional groups attached to an aromatic ring is 1. The topological polar surface area (TPSA) is 77.2 Å². The molecule has 0 atom stereocenters. The van der Waals surface area contributed by atoms with Crippen molar-refractivity contribution in [2.24, 2.45) is 0 Å². The summed E-state index contributed by atoms with van der Waals surface area (Å²) in [6.45, 7) is 0.718. The summed E-state index contributed by atoms with van der Waals surface area (Å²) in [4.78, 5) is 13.9. The number of nitrogens with two attached hydrogens (primary N) is 1. The molecule has 90 valence electrons. The molecule has 0 unspecified atom stereocenters. The molecule has 2 rings (SSSR count). The van der Waals surface area contributed by atoms with Crippen molar-refractivity contribution in [1.82, 2.24) is 15.0 Å². The van der Waals surface area contributed by atoms with Gasteiger partial charge in [0.05, 0.1) is 7.11 Å². The van der Waals surface area contributed by atoms with E-state index in [1.54, 1.807) is 11.3 Å². The average molecular weight is 251 g/mol. The Balaban J connectivity index is 2.18. The first-order valence-corrected chi connectivity index (χ1v) is 5.91. The van der Waals surface area contributed by atoms with E-state index in [0.29, 0.717) is 5.95 Å². The highest BCUT2D eigenvalue weighted by molar-refractivity contribution is 7.07. The molecule has 7 heteroatoms. The second-order valence-electron chi connectivity index (χ2n) is 3.47. The number of rotatable bonds is 4. The molecule has 0 fully saturated rings. The zero-order valence-corrected chi connectivity index (χ0v) is 10.4. The lowest BCUT2D eigenvalue weighted by atomic mass is 10.3. The SMILES string of the molecule is COc1nc(N)nc(N(C)Cc2ccsc2)n1. The second-order valence-corrected chi connectivity index (χ2v) is 4.25. The summed E-state index contributed by atoms with van der Waals surface area (Å²) < 4.78 is 4.95. The Kier molecular flexibility index (Phi) is 3.38. The van der Waals surface area contributed by atoms with Gasteiger partial charge < -0.3 is 15.4 Å². The Labute approximate surface area is 103 Å². The smallest absolute Gasteiger partial charge is 0.322 e. The van der Waals surface area contributed by atoms with Crippen LogP contribution in [0.2, 0.25) is 0 Å². The van der Waals surface area contributed by atoms with Crippen molar-refractivity contribution in [3.63, 3.8) is 0 Å². The highest BCUT2D eigenvalue weighted by Gasteiger charge is 2.09. The number of thiophene rings is 1. The van der Waals surface area contributed by atoms with Gasteiger partial charge in [-0.05, 0) is 22.4 Å². The fraction of sp³-hybridized carbons (Fsp3) is 0.300. The minimum atomic E-state index is 0.156. The van der Waals surface area contributed by atoms with Gasteiger partial charge in [-0.15, -0.1) is 0 Å². The summed E-state index contributed by atoms with van der Waals surface area (Å²) in [5.41, 5.74) is 6.78. The van der Waals surface area contributed by atoms with Crippen LogP contribution in [0.15, 0.2) is 16.8 Å². The van der Waals surface area contributed by atoms with Crippen molar-refractivity contribution in [2.75, 3.05) is 24.8 Å². The number of aromatic nitrogens is 3. The molecule has 0 aliphatic carbocycles. The van der Waals surface area contributed by atoms with Crippen LogP contribution in [0.5, 0.6) is 6.01 Å². The summed E-state index contributed by atoms with van der Waals surface area (Å²) in [6, 6.07) is 2.29. The lowest BCUT2D eigenvalue weighted by Gasteiger charge is -2.16. The van der Waals surface area contributed by atoms with E-state index in [0.717, 1.165) is 6.54 Å². The molecule has 0 radical (unpaired) electrons. The molecule has 2 aromatic rings. The Morgan fingerprint density at radius 2 is 2.24 bits per heavy atom. The summed E-state index contributed by atoms with van der Waals surface area (Å²) in [6.07, 6.45) is 0. The summed E-state index contributed by atoms with van der Waals surface area (Å²) in [5.74, 6) is 0.657. The molecular formula is C10H13N5OS. The van der Waals surface area contributed by atoms with Gasteiger partial charge in [-0.25, -0.2) is 0 Å². The van der Waals surface area contributed by atoms with Crippen molar-refractivity contribution in [3.8, 4) is 6.01 Å². The van der Waals surface area contributed by atoms with E-state index in [9.17, 15) is 0 Å². The maximum absolute atomic E-state index is 5.58. The number of methoxy groups -OCH3 is 1. The molecule has 0 bridgehead atoms. The van der Waals surface area contributed by atoms with Gasteiger partial charge >= 0.3 is 6.01 Å². The number of hydrogen-bond acceptors (Lipinski definition) is 7. The predicted octanol–water partition coefficient (Wildman–Crippen LogP) is 1.16. The van der Waals surface area contributed by atoms with Crippen LogP contribution in [0.3, 0.4) is 0 Å². The largest absolute Gasteiger partial charge is 0.467 e. The van der Waals surface area contributed by atoms with Crippen LogP contribution in [0.4, 0.5) is 11.9 Å². The van der Waals surface area contributed by atoms with Gasteiger partial charge in [0.2, 0.25) is 11.9 Å². The maximum Gasteiger partial charge on any atom is 0.322 e. The molecule has 6 nitrogen and oxygen atoms in total. The zero-order valence-electron chi connectivity index (χ0n) is 9.62. The van der Waals surface area contributed by atoms with Crippen LogP contribution in [0.1, 0.15) is 5.56 Å². The van der Waals surface area contributed by atoms with Gasteiger partial charge in [-0.1, -0.05) is 0 Å². The molecule has 2 aromatic heterocycles. The van der Waals surface area contributed by atoms with E-state index < -0.39 is 0 Å². The Hall–Kier alpha value is -1.89. The van der Waals surface area contributed by atoms with Crippen molar-refractivity contribution in [3.05, 3.63) is 22.4 Å². The van der Waals surface area contributed by atoms with E-state index in [4.69, 9.17) is 10.5 Å². The first-order valence-electron chi connectivity index (χ1n) is 4.97. The quantitative estimate of drug-likeness (QED) is 0.878. The number of anilines is 2. The number of nitrogens with zero attached hydrogens (tertiary/aromatic N) is 4. The van der Waals surface area contributed by atoms with Crippen LogP contribution >= 0.6 is 11.3 Å². The van der Waals surface area contributed by atoms with Gasteiger partial charge in [-0.3, -0.25) is 0 Å². The molecular weight excluding hydrogens is 238 g/mol. The molecule has 0 aliphatic heterocycles. The van der Waals surface area contributed by atoms with Crippen LogP contribution in [0.25, 0.3) is 0 Å². The molecule has 0 saturated heterocycles. The van der Waals surface area contributed by atoms with Crippen LogP contribution < -0.4 is 15.4 Å². The fourth-order valence-electron chi connectivity index (χ4n) is 1.35. The van der Waals surface area contributed by atoms with Gasteiger partial charge in [0, 0.05) is 13.6 Å². The third-order valence-electron chi connectivity index (χ3n) is 2.14. The fourth-order valence-corrected chi connectivity index (χ4v) is 2.01. The Bertz CT molecular complexity index is 487. The van der Waals surface area contributed by atoms with Crippen LogP contribution in [0, 0.1) is 0 Å². The Morgan fingerprint density at radius 3 is 2.88 bits per heavy atom. The number of ether oxygens (including phenoxy) is 1. The normalized spacial score (nSPS) is 10.2. The lowest BCUT2D eigenvalue weighted by molar-refractivity contribution is 0.379. The van der Waals surface area contributed by atoms with Gasteiger partial charge in [-0.2, -0.15) is 26.3 Å². The molecule has 0 aromatic carbocycles. The zero-order chi connectivity index (χ0) is 12.3. The van der Waals surface area contributed by atoms with Crippen molar-refractivity contribution < 1.29 is 4.74 Å². The molecule has 0 amide bonds. The lowest BCUT2D eigenvalue weighted by Crippen LogP contribution is -2.20. The highest BCUT2D eigenvalue weighted by Crippen LogP contribution is 2.15. The second kappa shape index (κ2) is 4.96. The molecule has 2 N–H and O–H groups in total. The van der Waals surface area contributed by atoms with Crippen molar-refractivity contribution in [2.45, 2.75) is 6.54 Å². The standard InChI is InChI=1S/C10H13N5OS/c1-15(5-7-3-4-17-6-7)9-12-8(11)13-10(14-9)16-2/h3-4,6H,5H2,1-2H3,(H2,11,12,13,14). The summed E-state index contributed by atoms with van der Waals surface area (Å²) >= 11 is 1.66. The Morgan fingerprint density at radius 1 is 1.41 bits per heavy atom. The van der Waals surface area contributed by atoms with Crippen LogP contribution in [-0.2, 0) is 6.54 Å². The van der Waals surface area contributed by atoms with E-state index in [2.05, 4.69) is 26.4 Å². The van der Waals surface area contributed by atoms with Crippen LogP contribution in [-0.4, -0.2) is 29.1 Å². The van der Waals surface area contributed by atoms with Crippen molar-refractivity contribution in [1.29, 1.82) is 0 Å². The number of hydrogen-bond donors (Lipinski definition) is 1. The van der Waals surface area contributed by atoms with Gasteiger partial charge in [0.1, 0.15) is 0 Å². The monoisotopic (exact) mass is 251 g/mol. The molecule has 2 heterocycles. The molecule has 17 heavy (non-hydrogen) atoms. The molecule has 0 aliphatic rings. The predicted molar refractivity (Wildman–Crippen MR) is 67.2 cm³/mol. The third-order valence-corrected chi connectivity index (χ3v) is 2.88. The first kappa shape index (κ1) is 11.6. The average Bonchev–Trinajstić information content (AvgIpc) is 2.81. The third kappa shape index (κ3) is 2.82. The van der Waals surface area contributed by atoms with E-state index in [1.165, 1.54) is 12.7 Å². The van der Waals surface area contributed by atoms with Gasteiger partial charge in [0.15, 0.2) is 0 Å². The minimum Gasteiger partial charge on any atom is -0.467 e. The minimum absolute atomic E-state index is 0.156. The maximum atomic E-state index is 5.58. The molecule has 0 spiro atoms. The van der Waals surface area contributed by atoms with E-state index >= 15 is 0 Å². The summed E-state index contributed by atoms with van der Waals surface area (Å²) in [5, 5.41) is 4.11. The van der Waals surface area contributed by atoms with E-state index in [1.807, 2.05) is 17.3 Å². The summed E-state index contributed by atoms with van der Waals surface area (Å²) in [7, 11) is 3.39.